The third-order valence-electron chi connectivity index (χ3n) is 5.50. The normalized spacial score (nSPS) is 18.2. The van der Waals surface area contributed by atoms with E-state index >= 15 is 0 Å². The van der Waals surface area contributed by atoms with Crippen molar-refractivity contribution in [2.24, 2.45) is 10.7 Å². The molecule has 0 saturated heterocycles. The molecule has 0 saturated carbocycles. The monoisotopic (exact) mass is 388 g/mol. The molecule has 6 nitrogen and oxygen atoms in total. The van der Waals surface area contributed by atoms with E-state index in [9.17, 15) is 9.59 Å². The van der Waals surface area contributed by atoms with Gasteiger partial charge in [-0.05, 0) is 32.1 Å². The fourth-order valence-electron chi connectivity index (χ4n) is 3.82. The quantitative estimate of drug-likeness (QED) is 0.502. The van der Waals surface area contributed by atoms with E-state index in [1.54, 1.807) is 4.90 Å². The van der Waals surface area contributed by atoms with E-state index in [0.29, 0.717) is 31.9 Å². The van der Waals surface area contributed by atoms with Gasteiger partial charge in [0.05, 0.1) is 0 Å². The minimum Gasteiger partial charge on any atom is -0.369 e. The van der Waals surface area contributed by atoms with Crippen molar-refractivity contribution in [3.8, 4) is 0 Å². The maximum atomic E-state index is 13.1. The lowest BCUT2D eigenvalue weighted by Crippen LogP contribution is -2.45. The number of amides is 2. The van der Waals surface area contributed by atoms with Crippen molar-refractivity contribution >= 4 is 17.8 Å². The summed E-state index contributed by atoms with van der Waals surface area (Å²) >= 11 is 0. The predicted molar refractivity (Wildman–Crippen MR) is 114 cm³/mol. The number of allylic oxidation sites excluding steroid dienone is 3. The summed E-state index contributed by atoms with van der Waals surface area (Å²) in [5.74, 6) is 0.413. The molecule has 1 heterocycles. The molecule has 3 N–H and O–H groups in total. The number of guanidine groups is 1. The summed E-state index contributed by atoms with van der Waals surface area (Å²) in [5.41, 5.74) is 6.61. The van der Waals surface area contributed by atoms with Gasteiger partial charge in [0.15, 0.2) is 5.96 Å². The second-order valence-corrected chi connectivity index (χ2v) is 7.84. The molecule has 156 valence electrons. The molecule has 0 aromatic heterocycles. The van der Waals surface area contributed by atoms with Gasteiger partial charge in [0.2, 0.25) is 5.91 Å². The van der Waals surface area contributed by atoms with Crippen LogP contribution >= 0.6 is 0 Å². The van der Waals surface area contributed by atoms with Crippen LogP contribution in [-0.2, 0) is 9.59 Å². The average Bonchev–Trinajstić information content (AvgIpc) is 2.93. The van der Waals surface area contributed by atoms with E-state index in [4.69, 9.17) is 5.73 Å². The van der Waals surface area contributed by atoms with Crippen LogP contribution in [0.25, 0.3) is 0 Å². The van der Waals surface area contributed by atoms with E-state index in [-0.39, 0.29) is 11.8 Å². The number of nitrogens with two attached hydrogens (primary N) is 1. The van der Waals surface area contributed by atoms with Crippen LogP contribution in [0.1, 0.15) is 78.1 Å². The van der Waals surface area contributed by atoms with E-state index in [1.807, 2.05) is 12.2 Å². The maximum Gasteiger partial charge on any atom is 0.257 e. The second kappa shape index (κ2) is 11.0. The van der Waals surface area contributed by atoms with Crippen LogP contribution in [0, 0.1) is 0 Å². The topological polar surface area (TPSA) is 87.8 Å². The van der Waals surface area contributed by atoms with Crippen molar-refractivity contribution in [3.63, 3.8) is 0 Å². The third kappa shape index (κ3) is 5.94. The summed E-state index contributed by atoms with van der Waals surface area (Å²) in [7, 11) is 0. The Bertz CT molecular complexity index is 628. The van der Waals surface area contributed by atoms with E-state index in [2.05, 4.69) is 30.2 Å². The average molecular weight is 389 g/mol. The highest BCUT2D eigenvalue weighted by Crippen LogP contribution is 2.32. The van der Waals surface area contributed by atoms with Gasteiger partial charge in [0.1, 0.15) is 5.54 Å². The number of carbonyl (C=O) groups is 2. The molecule has 0 bridgehead atoms. The number of unbranched alkanes of at least 4 members (excludes halogenated alkanes) is 2. The largest absolute Gasteiger partial charge is 0.369 e. The number of carbonyl (C=O) groups excluding carboxylic acids is 2. The molecular formula is C22H36N4O2. The summed E-state index contributed by atoms with van der Waals surface area (Å²) in [6, 6.07) is 0. The zero-order valence-electron chi connectivity index (χ0n) is 17.5. The van der Waals surface area contributed by atoms with Gasteiger partial charge < -0.3 is 11.1 Å². The van der Waals surface area contributed by atoms with Gasteiger partial charge in [0.25, 0.3) is 5.91 Å². The van der Waals surface area contributed by atoms with Crippen LogP contribution in [0.5, 0.6) is 0 Å². The number of hydrogen-bond acceptors (Lipinski definition) is 4. The number of nitrogens with one attached hydrogen (secondary N) is 1. The zero-order valence-corrected chi connectivity index (χ0v) is 17.5. The standard InChI is InChI=1S/C22H36N4O2/c1-3-5-13-22(14-6-4-2)20(28)26(21(23)25-22)16-10-15-24-19(27)17-18-11-8-7-9-12-18/h7-8,11H,3-6,9-10,12-17H2,1-2H3,(H2,23,25)(H,24,27). The van der Waals surface area contributed by atoms with Crippen LogP contribution in [-0.4, -0.2) is 41.3 Å². The second-order valence-electron chi connectivity index (χ2n) is 7.84. The molecule has 1 aliphatic heterocycles. The van der Waals surface area contributed by atoms with Crippen molar-refractivity contribution in [3.05, 3.63) is 23.8 Å². The molecule has 6 heteroatoms. The molecule has 2 aliphatic rings. The molecule has 2 rings (SSSR count). The van der Waals surface area contributed by atoms with Crippen LogP contribution in [0.3, 0.4) is 0 Å². The van der Waals surface area contributed by atoms with E-state index in [1.165, 1.54) is 5.57 Å². The maximum absolute atomic E-state index is 13.1. The SMILES string of the molecule is CCCCC1(CCCC)N=C(N)N(CCCNC(=O)CC2=CC=CCC2)C1=O. The van der Waals surface area contributed by atoms with Gasteiger partial charge >= 0.3 is 0 Å². The Morgan fingerprint density at radius 2 is 1.96 bits per heavy atom. The van der Waals surface area contributed by atoms with Crippen molar-refractivity contribution in [2.75, 3.05) is 13.1 Å². The molecular weight excluding hydrogens is 352 g/mol. The molecule has 2 amide bonds. The lowest BCUT2D eigenvalue weighted by Gasteiger charge is -2.26. The Balaban J connectivity index is 1.81. The number of aliphatic imine (C=N–C) groups is 1. The number of nitrogens with zero attached hydrogens (tertiary/aromatic N) is 2. The minimum atomic E-state index is -0.666. The van der Waals surface area contributed by atoms with Crippen molar-refractivity contribution < 1.29 is 9.59 Å². The molecule has 0 unspecified atom stereocenters. The van der Waals surface area contributed by atoms with E-state index < -0.39 is 5.54 Å². The molecule has 0 aromatic carbocycles. The third-order valence-corrected chi connectivity index (χ3v) is 5.50. The Morgan fingerprint density at radius 3 is 2.57 bits per heavy atom. The lowest BCUT2D eigenvalue weighted by molar-refractivity contribution is -0.131. The smallest absolute Gasteiger partial charge is 0.257 e. The predicted octanol–water partition coefficient (Wildman–Crippen LogP) is 3.44. The van der Waals surface area contributed by atoms with Crippen LogP contribution in [0.15, 0.2) is 28.8 Å². The fourth-order valence-corrected chi connectivity index (χ4v) is 3.82. The summed E-state index contributed by atoms with van der Waals surface area (Å²) in [6.07, 6.45) is 14.8. The minimum absolute atomic E-state index is 0.0381. The Kier molecular flexibility index (Phi) is 8.74. The van der Waals surface area contributed by atoms with E-state index in [0.717, 1.165) is 51.4 Å². The molecule has 0 radical (unpaired) electrons. The number of rotatable bonds is 12. The lowest BCUT2D eigenvalue weighted by atomic mass is 9.87. The summed E-state index contributed by atoms with van der Waals surface area (Å²) < 4.78 is 0. The first-order valence-corrected chi connectivity index (χ1v) is 10.8. The van der Waals surface area contributed by atoms with Crippen LogP contribution < -0.4 is 11.1 Å². The van der Waals surface area contributed by atoms with Gasteiger partial charge in [0, 0.05) is 19.5 Å². The van der Waals surface area contributed by atoms with Gasteiger partial charge in [-0.15, -0.1) is 0 Å². The highest BCUT2D eigenvalue weighted by atomic mass is 16.2. The molecule has 0 aromatic rings. The van der Waals surface area contributed by atoms with Gasteiger partial charge in [-0.2, -0.15) is 0 Å². The summed E-state index contributed by atoms with van der Waals surface area (Å²) in [5, 5.41) is 2.95. The Morgan fingerprint density at radius 1 is 1.25 bits per heavy atom. The number of hydrogen-bond donors (Lipinski definition) is 2. The molecule has 1 aliphatic carbocycles. The van der Waals surface area contributed by atoms with Crippen LogP contribution in [0.4, 0.5) is 0 Å². The first kappa shape index (κ1) is 22.2. The molecule has 0 atom stereocenters. The molecule has 28 heavy (non-hydrogen) atoms. The summed E-state index contributed by atoms with van der Waals surface area (Å²) in [4.78, 5) is 31.4. The van der Waals surface area contributed by atoms with Crippen molar-refractivity contribution in [2.45, 2.75) is 83.6 Å². The van der Waals surface area contributed by atoms with Gasteiger partial charge in [-0.3, -0.25) is 14.5 Å². The highest BCUT2D eigenvalue weighted by molar-refractivity contribution is 6.06. The Labute approximate surface area is 169 Å². The molecule has 0 fully saturated rings. The zero-order chi connectivity index (χ0) is 20.4. The first-order chi connectivity index (χ1) is 13.5. The highest BCUT2D eigenvalue weighted by Gasteiger charge is 2.46. The summed E-state index contributed by atoms with van der Waals surface area (Å²) in [6.45, 7) is 5.29. The Hall–Kier alpha value is -2.11. The van der Waals surface area contributed by atoms with Gasteiger partial charge in [-0.25, -0.2) is 4.99 Å². The van der Waals surface area contributed by atoms with Crippen molar-refractivity contribution in [1.82, 2.24) is 10.2 Å². The van der Waals surface area contributed by atoms with Gasteiger partial charge in [-0.1, -0.05) is 63.3 Å². The first-order valence-electron chi connectivity index (χ1n) is 10.8. The van der Waals surface area contributed by atoms with Crippen LogP contribution in [0.2, 0.25) is 0 Å². The fraction of sp³-hybridized carbons (Fsp3) is 0.682. The van der Waals surface area contributed by atoms with Crippen molar-refractivity contribution in [1.29, 1.82) is 0 Å². The molecule has 0 spiro atoms.